The quantitative estimate of drug-likeness (QED) is 0.0224. The molecule has 0 bridgehead atoms. The maximum atomic E-state index is 10.9. The summed E-state index contributed by atoms with van der Waals surface area (Å²) >= 11 is 0. The van der Waals surface area contributed by atoms with E-state index in [1.807, 2.05) is 0 Å². The molecule has 0 aliphatic heterocycles. The van der Waals surface area contributed by atoms with Gasteiger partial charge in [0.05, 0.1) is 23.3 Å². The van der Waals surface area contributed by atoms with Crippen LogP contribution in [0.15, 0.2) is 97.1 Å². The number of unbranched alkanes of at least 4 members (excludes halogenated alkanes) is 24. The Bertz CT molecular complexity index is 2580. The monoisotopic (exact) mass is 987 g/mol. The zero-order valence-electron chi connectivity index (χ0n) is 46.9. The number of nitrogens with zero attached hydrogens (tertiary/aromatic N) is 2. The number of hydrogen-bond acceptors (Lipinski definition) is 2. The van der Waals surface area contributed by atoms with Crippen molar-refractivity contribution in [2.24, 2.45) is 0 Å². The molecule has 0 aliphatic rings. The minimum Gasteiger partial charge on any atom is -0.192 e. The number of hydrogen-bond donors (Lipinski definition) is 0. The molecule has 0 fully saturated rings. The number of fused-ring (bicyclic) bond motifs is 3. The molecule has 392 valence electrons. The highest BCUT2D eigenvalue weighted by atomic mass is 14.3. The molecule has 0 aromatic heterocycles. The molecule has 2 heteroatoms. The van der Waals surface area contributed by atoms with Crippen molar-refractivity contribution in [3.05, 3.63) is 142 Å². The topological polar surface area (TPSA) is 47.6 Å². The summed E-state index contributed by atoms with van der Waals surface area (Å²) in [6.07, 6.45) is 44.8. The first-order valence-corrected chi connectivity index (χ1v) is 30.4. The summed E-state index contributed by atoms with van der Waals surface area (Å²) in [7, 11) is 0. The lowest BCUT2D eigenvalue weighted by Crippen LogP contribution is -2.01. The van der Waals surface area contributed by atoms with Crippen LogP contribution in [-0.2, 0) is 25.7 Å². The van der Waals surface area contributed by atoms with E-state index in [4.69, 9.17) is 0 Å². The Labute approximate surface area is 450 Å². The highest BCUT2D eigenvalue weighted by molar-refractivity contribution is 6.02. The van der Waals surface area contributed by atoms with Crippen molar-refractivity contribution in [2.75, 3.05) is 0 Å². The average molecular weight is 988 g/mol. The van der Waals surface area contributed by atoms with Gasteiger partial charge in [-0.15, -0.1) is 0 Å². The summed E-state index contributed by atoms with van der Waals surface area (Å²) in [6.45, 7) is 9.12. The molecule has 6 aromatic carbocycles. The zero-order chi connectivity index (χ0) is 52.0. The van der Waals surface area contributed by atoms with E-state index >= 15 is 0 Å². The lowest BCUT2D eigenvalue weighted by atomic mass is 9.85. The van der Waals surface area contributed by atoms with Gasteiger partial charge in [-0.2, -0.15) is 10.5 Å². The van der Waals surface area contributed by atoms with Gasteiger partial charge >= 0.3 is 0 Å². The molecule has 0 N–H and O–H groups in total. The molecule has 6 rings (SSSR count). The highest BCUT2D eigenvalue weighted by Crippen LogP contribution is 2.37. The van der Waals surface area contributed by atoms with Crippen LogP contribution < -0.4 is 0 Å². The van der Waals surface area contributed by atoms with Crippen molar-refractivity contribution in [1.82, 2.24) is 0 Å². The summed E-state index contributed by atoms with van der Waals surface area (Å²) < 4.78 is 0. The molecule has 0 saturated heterocycles. The van der Waals surface area contributed by atoms with E-state index in [1.54, 1.807) is 0 Å². The molecule has 2 nitrogen and oxygen atoms in total. The van der Waals surface area contributed by atoms with E-state index in [9.17, 15) is 10.5 Å². The van der Waals surface area contributed by atoms with E-state index in [0.29, 0.717) is 11.1 Å². The minimum atomic E-state index is 0.711. The molecule has 0 amide bonds. The van der Waals surface area contributed by atoms with Gasteiger partial charge in [0, 0.05) is 0 Å². The van der Waals surface area contributed by atoms with E-state index in [0.717, 1.165) is 60.8 Å². The molecule has 0 spiro atoms. The highest BCUT2D eigenvalue weighted by Gasteiger charge is 2.18. The molecule has 0 aliphatic carbocycles. The van der Waals surface area contributed by atoms with Crippen molar-refractivity contribution >= 4 is 55.6 Å². The number of allylic oxidation sites excluding steroid dienone is 2. The van der Waals surface area contributed by atoms with E-state index in [1.165, 1.54) is 222 Å². The predicted octanol–water partition coefficient (Wildman–Crippen LogP) is 22.4. The Kier molecular flexibility index (Phi) is 26.2. The second-order valence-electron chi connectivity index (χ2n) is 22.0. The molecule has 0 heterocycles. The summed E-state index contributed by atoms with van der Waals surface area (Å²) in [5, 5.41) is 29.2. The maximum Gasteiger partial charge on any atom is 0.0998 e. The number of aryl methyl sites for hydroxylation is 4. The molecular weight excluding hydrogens is 893 g/mol. The normalized spacial score (nSPS) is 12.0. The van der Waals surface area contributed by atoms with Crippen LogP contribution in [0.2, 0.25) is 0 Å². The Morgan fingerprint density at radius 3 is 0.973 bits per heavy atom. The van der Waals surface area contributed by atoms with E-state index in [-0.39, 0.29) is 0 Å². The van der Waals surface area contributed by atoms with E-state index in [2.05, 4.69) is 149 Å². The van der Waals surface area contributed by atoms with E-state index < -0.39 is 0 Å². The predicted molar refractivity (Wildman–Crippen MR) is 326 cm³/mol. The van der Waals surface area contributed by atoms with Crippen molar-refractivity contribution in [3.63, 3.8) is 0 Å². The Balaban J connectivity index is 1.22. The third kappa shape index (κ3) is 18.4. The van der Waals surface area contributed by atoms with Crippen molar-refractivity contribution in [2.45, 2.75) is 233 Å². The molecule has 0 atom stereocenters. The average Bonchev–Trinajstić information content (AvgIpc) is 3.42. The second-order valence-corrected chi connectivity index (χ2v) is 22.0. The smallest absolute Gasteiger partial charge is 0.0998 e. The van der Waals surface area contributed by atoms with Crippen LogP contribution in [0.1, 0.15) is 252 Å². The first-order valence-electron chi connectivity index (χ1n) is 30.4. The molecule has 0 radical (unpaired) electrons. The van der Waals surface area contributed by atoms with Crippen LogP contribution in [0.4, 0.5) is 0 Å². The Morgan fingerprint density at radius 1 is 0.324 bits per heavy atom. The largest absolute Gasteiger partial charge is 0.192 e. The molecule has 6 aromatic rings. The fourth-order valence-electron chi connectivity index (χ4n) is 11.5. The third-order valence-corrected chi connectivity index (χ3v) is 15.9. The van der Waals surface area contributed by atoms with Crippen molar-refractivity contribution in [3.8, 4) is 12.1 Å². The first-order chi connectivity index (χ1) is 36.5. The van der Waals surface area contributed by atoms with Gasteiger partial charge in [-0.05, 0) is 152 Å². The number of rotatable bonds is 36. The Morgan fingerprint density at radius 2 is 0.622 bits per heavy atom. The molecule has 0 saturated carbocycles. The molecule has 74 heavy (non-hydrogen) atoms. The fraction of sp³-hybridized carbons (Fsp3) is 0.500. The van der Waals surface area contributed by atoms with Gasteiger partial charge in [0.25, 0.3) is 0 Å². The fourth-order valence-corrected chi connectivity index (χ4v) is 11.5. The summed E-state index contributed by atoms with van der Waals surface area (Å²) in [5.74, 6) is 0. The van der Waals surface area contributed by atoms with Crippen LogP contribution >= 0.6 is 0 Å². The lowest BCUT2D eigenvalue weighted by molar-refractivity contribution is 0.556. The standard InChI is InChI=1S/C72H94N2/c1-5-9-13-17-19-21-23-25-27-29-33-57-37-41-63-51-59(39-43-61(63)49-57)53-65(55-73)67-45-47-72-70(36-32-16-12-8-4)68(46-48-71(72)69(67)35-31-15-11-7-3)66(56-74)54-60-40-44-62-50-58(38-42-64(62)52-60)34-30-28-26-24-22-20-18-14-10-6-2/h37-54H,5-36H2,1-4H3/b65-53-,66-54+. The van der Waals surface area contributed by atoms with Crippen molar-refractivity contribution < 1.29 is 0 Å². The SMILES string of the molecule is CCCCCCCCCCCCc1ccc2cc(/C=C(\C#N)c3ccc4c(CCCCCC)c(/C(C#N)=C\c5ccc6cc(CCCCCCCCCCCC)ccc6c5)ccc4c3CCCCCC)ccc2c1. The van der Waals surface area contributed by atoms with Gasteiger partial charge in [0.15, 0.2) is 0 Å². The zero-order valence-corrected chi connectivity index (χ0v) is 46.9. The van der Waals surface area contributed by atoms with Gasteiger partial charge in [-0.1, -0.05) is 267 Å². The maximum absolute atomic E-state index is 10.9. The summed E-state index contributed by atoms with van der Waals surface area (Å²) in [4.78, 5) is 0. The summed E-state index contributed by atoms with van der Waals surface area (Å²) in [6, 6.07) is 41.6. The van der Waals surface area contributed by atoms with Gasteiger partial charge in [0.1, 0.15) is 0 Å². The molecule has 0 unspecified atom stereocenters. The number of benzene rings is 6. The van der Waals surface area contributed by atoms with Crippen LogP contribution in [0.25, 0.3) is 55.6 Å². The van der Waals surface area contributed by atoms with Gasteiger partial charge < -0.3 is 0 Å². The minimum absolute atomic E-state index is 0.711. The van der Waals surface area contributed by atoms with Gasteiger partial charge in [-0.3, -0.25) is 0 Å². The van der Waals surface area contributed by atoms with Crippen LogP contribution in [0.5, 0.6) is 0 Å². The van der Waals surface area contributed by atoms with Crippen molar-refractivity contribution in [1.29, 1.82) is 10.5 Å². The van der Waals surface area contributed by atoms with Gasteiger partial charge in [0.2, 0.25) is 0 Å². The molecular formula is C72H94N2. The van der Waals surface area contributed by atoms with Crippen LogP contribution in [0, 0.1) is 22.7 Å². The first kappa shape index (κ1) is 57.8. The number of nitriles is 2. The van der Waals surface area contributed by atoms with Gasteiger partial charge in [-0.25, -0.2) is 0 Å². The van der Waals surface area contributed by atoms with Crippen LogP contribution in [-0.4, -0.2) is 0 Å². The summed E-state index contributed by atoms with van der Waals surface area (Å²) in [5.41, 5.74) is 11.0. The Hall–Kier alpha value is -5.44. The lowest BCUT2D eigenvalue weighted by Gasteiger charge is -2.18. The van der Waals surface area contributed by atoms with Crippen LogP contribution in [0.3, 0.4) is 0 Å². The second kappa shape index (κ2) is 33.5. The third-order valence-electron chi connectivity index (χ3n) is 15.9.